The van der Waals surface area contributed by atoms with Gasteiger partial charge in [0.2, 0.25) is 0 Å². The van der Waals surface area contributed by atoms with Crippen LogP contribution in [-0.4, -0.2) is 37.2 Å². The molecular formula is C76H138O6. The first kappa shape index (κ1) is 79.1. The van der Waals surface area contributed by atoms with Crippen molar-refractivity contribution in [2.75, 3.05) is 13.2 Å². The van der Waals surface area contributed by atoms with Crippen molar-refractivity contribution in [1.82, 2.24) is 0 Å². The summed E-state index contributed by atoms with van der Waals surface area (Å²) >= 11 is 0. The van der Waals surface area contributed by atoms with E-state index in [-0.39, 0.29) is 31.1 Å². The number of esters is 3. The molecule has 0 spiro atoms. The van der Waals surface area contributed by atoms with Crippen molar-refractivity contribution in [3.05, 3.63) is 60.8 Å². The first-order chi connectivity index (χ1) is 40.5. The van der Waals surface area contributed by atoms with Gasteiger partial charge in [-0.25, -0.2) is 0 Å². The molecule has 0 radical (unpaired) electrons. The average Bonchev–Trinajstić information content (AvgIpc) is 3.47. The fourth-order valence-corrected chi connectivity index (χ4v) is 10.8. The largest absolute Gasteiger partial charge is 0.462 e. The Morgan fingerprint density at radius 1 is 0.256 bits per heavy atom. The van der Waals surface area contributed by atoms with Gasteiger partial charge in [0.05, 0.1) is 0 Å². The minimum Gasteiger partial charge on any atom is -0.462 e. The van der Waals surface area contributed by atoms with E-state index < -0.39 is 6.10 Å². The molecule has 0 aliphatic rings. The Labute approximate surface area is 510 Å². The SMILES string of the molecule is CC/C=C\C/C=C\C/C=C\CCCCCCCC(=O)OCC(COC(=O)CCCCCCCCCCCCCCCCCCCCCCCCCCCCCCCCCCC)OC(=O)CCCCCCC/C=C\C/C=C\CCCCCC. The summed E-state index contributed by atoms with van der Waals surface area (Å²) in [4.78, 5) is 38.4. The monoisotopic (exact) mass is 1150 g/mol. The topological polar surface area (TPSA) is 78.9 Å². The van der Waals surface area contributed by atoms with E-state index in [2.05, 4.69) is 81.5 Å². The third-order valence-electron chi connectivity index (χ3n) is 16.3. The van der Waals surface area contributed by atoms with Crippen molar-refractivity contribution < 1.29 is 28.6 Å². The van der Waals surface area contributed by atoms with E-state index in [0.29, 0.717) is 19.3 Å². The maximum atomic E-state index is 12.9. The molecule has 0 bridgehead atoms. The maximum Gasteiger partial charge on any atom is 0.306 e. The molecule has 0 rings (SSSR count). The highest BCUT2D eigenvalue weighted by atomic mass is 16.6. The average molecular weight is 1150 g/mol. The van der Waals surface area contributed by atoms with Gasteiger partial charge in [-0.15, -0.1) is 0 Å². The normalized spacial score (nSPS) is 12.4. The lowest BCUT2D eigenvalue weighted by atomic mass is 10.0. The molecule has 0 fully saturated rings. The summed E-state index contributed by atoms with van der Waals surface area (Å²) in [5.41, 5.74) is 0. The van der Waals surface area contributed by atoms with Crippen LogP contribution >= 0.6 is 0 Å². The van der Waals surface area contributed by atoms with Crippen molar-refractivity contribution in [2.45, 2.75) is 393 Å². The smallest absolute Gasteiger partial charge is 0.306 e. The van der Waals surface area contributed by atoms with Gasteiger partial charge in [-0.1, -0.05) is 345 Å². The second-order valence-corrected chi connectivity index (χ2v) is 24.5. The lowest BCUT2D eigenvalue weighted by Crippen LogP contribution is -2.30. The Balaban J connectivity index is 4.14. The van der Waals surface area contributed by atoms with Crippen LogP contribution in [0.4, 0.5) is 0 Å². The maximum absolute atomic E-state index is 12.9. The molecule has 0 heterocycles. The quantitative estimate of drug-likeness (QED) is 0.0261. The molecule has 0 aromatic carbocycles. The summed E-state index contributed by atoms with van der Waals surface area (Å²) in [6, 6.07) is 0. The summed E-state index contributed by atoms with van der Waals surface area (Å²) < 4.78 is 16.9. The van der Waals surface area contributed by atoms with Gasteiger partial charge in [0.15, 0.2) is 6.10 Å². The van der Waals surface area contributed by atoms with Crippen LogP contribution in [0.15, 0.2) is 60.8 Å². The molecule has 0 aromatic rings. The third kappa shape index (κ3) is 67.9. The van der Waals surface area contributed by atoms with Crippen molar-refractivity contribution in [3.8, 4) is 0 Å². The molecule has 1 atom stereocenters. The van der Waals surface area contributed by atoms with Gasteiger partial charge in [-0.05, 0) is 83.5 Å². The fourth-order valence-electron chi connectivity index (χ4n) is 10.8. The van der Waals surface area contributed by atoms with Crippen molar-refractivity contribution in [3.63, 3.8) is 0 Å². The van der Waals surface area contributed by atoms with Crippen LogP contribution in [0.3, 0.4) is 0 Å². The molecule has 0 saturated carbocycles. The molecular weight excluding hydrogens is 1010 g/mol. The van der Waals surface area contributed by atoms with Crippen LogP contribution in [0.1, 0.15) is 387 Å². The molecule has 0 amide bonds. The van der Waals surface area contributed by atoms with Crippen LogP contribution in [-0.2, 0) is 28.6 Å². The fraction of sp³-hybridized carbons (Fsp3) is 0.829. The summed E-state index contributed by atoms with van der Waals surface area (Å²) in [6.45, 7) is 6.54. The summed E-state index contributed by atoms with van der Waals surface area (Å²) in [5, 5.41) is 0. The lowest BCUT2D eigenvalue weighted by Gasteiger charge is -2.18. The van der Waals surface area contributed by atoms with E-state index in [1.54, 1.807) is 0 Å². The Kier molecular flexibility index (Phi) is 68.1. The number of rotatable bonds is 67. The molecule has 0 N–H and O–H groups in total. The van der Waals surface area contributed by atoms with Crippen molar-refractivity contribution in [1.29, 1.82) is 0 Å². The number of ether oxygens (including phenoxy) is 3. The Hall–Kier alpha value is -2.89. The van der Waals surface area contributed by atoms with E-state index in [9.17, 15) is 14.4 Å². The molecule has 478 valence electrons. The van der Waals surface area contributed by atoms with E-state index >= 15 is 0 Å². The zero-order chi connectivity index (χ0) is 59.2. The molecule has 0 aliphatic carbocycles. The zero-order valence-electron chi connectivity index (χ0n) is 55.0. The Morgan fingerprint density at radius 3 is 0.756 bits per heavy atom. The first-order valence-electron chi connectivity index (χ1n) is 36.3. The van der Waals surface area contributed by atoms with E-state index in [4.69, 9.17) is 14.2 Å². The number of allylic oxidation sites excluding steroid dienone is 10. The van der Waals surface area contributed by atoms with E-state index in [0.717, 1.165) is 122 Å². The highest BCUT2D eigenvalue weighted by Gasteiger charge is 2.19. The molecule has 6 heteroatoms. The van der Waals surface area contributed by atoms with E-state index in [1.807, 2.05) is 0 Å². The standard InChI is InChI=1S/C76H138O6/c1-4-7-10-13-16-19-22-25-28-30-31-32-33-34-35-36-37-38-39-40-41-42-43-44-45-46-49-51-54-57-60-63-66-69-75(78)81-72-73(71-80-74(77)68-65-62-59-56-53-50-47-27-24-21-18-15-12-9-6-3)82-76(79)70-67-64-61-58-55-52-48-29-26-23-20-17-14-11-8-5-2/h9,12,18,20-21,23,27,29,47-48,73H,4-8,10-11,13-17,19,22,24-26,28,30-46,49-72H2,1-3H3/b12-9-,21-18-,23-20-,47-27-,48-29-. The third-order valence-corrected chi connectivity index (χ3v) is 16.3. The van der Waals surface area contributed by atoms with Gasteiger partial charge in [-0.3, -0.25) is 14.4 Å². The predicted octanol–water partition coefficient (Wildman–Crippen LogP) is 25.1. The highest BCUT2D eigenvalue weighted by Crippen LogP contribution is 2.19. The Morgan fingerprint density at radius 2 is 0.476 bits per heavy atom. The second-order valence-electron chi connectivity index (χ2n) is 24.5. The van der Waals surface area contributed by atoms with Gasteiger partial charge >= 0.3 is 17.9 Å². The van der Waals surface area contributed by atoms with Gasteiger partial charge in [0, 0.05) is 19.3 Å². The second kappa shape index (κ2) is 70.6. The van der Waals surface area contributed by atoms with Gasteiger partial charge in [0.1, 0.15) is 13.2 Å². The van der Waals surface area contributed by atoms with Crippen LogP contribution < -0.4 is 0 Å². The number of hydrogen-bond donors (Lipinski definition) is 0. The minimum absolute atomic E-state index is 0.0825. The summed E-state index contributed by atoms with van der Waals surface area (Å²) in [7, 11) is 0. The van der Waals surface area contributed by atoms with Gasteiger partial charge < -0.3 is 14.2 Å². The van der Waals surface area contributed by atoms with Gasteiger partial charge in [-0.2, -0.15) is 0 Å². The molecule has 0 aromatic heterocycles. The van der Waals surface area contributed by atoms with Crippen LogP contribution in [0, 0.1) is 0 Å². The number of hydrogen-bond acceptors (Lipinski definition) is 6. The van der Waals surface area contributed by atoms with Crippen molar-refractivity contribution in [2.24, 2.45) is 0 Å². The number of carbonyl (C=O) groups is 3. The summed E-state index contributed by atoms with van der Waals surface area (Å²) in [6.07, 6.45) is 91.4. The first-order valence-corrected chi connectivity index (χ1v) is 36.3. The minimum atomic E-state index is -0.789. The van der Waals surface area contributed by atoms with Crippen LogP contribution in [0.25, 0.3) is 0 Å². The molecule has 1 unspecified atom stereocenters. The van der Waals surface area contributed by atoms with E-state index in [1.165, 1.54) is 225 Å². The summed E-state index contributed by atoms with van der Waals surface area (Å²) in [5.74, 6) is -0.893. The number of unbranched alkanes of at least 4 members (excludes halogenated alkanes) is 46. The molecule has 6 nitrogen and oxygen atoms in total. The Bertz CT molecular complexity index is 1460. The lowest BCUT2D eigenvalue weighted by molar-refractivity contribution is -0.167. The predicted molar refractivity (Wildman–Crippen MR) is 358 cm³/mol. The van der Waals surface area contributed by atoms with Crippen molar-refractivity contribution >= 4 is 17.9 Å². The molecule has 82 heavy (non-hydrogen) atoms. The van der Waals surface area contributed by atoms with Gasteiger partial charge in [0.25, 0.3) is 0 Å². The highest BCUT2D eigenvalue weighted by molar-refractivity contribution is 5.71. The number of carbonyl (C=O) groups excluding carboxylic acids is 3. The van der Waals surface area contributed by atoms with Crippen LogP contribution in [0.5, 0.6) is 0 Å². The molecule has 0 saturated heterocycles. The van der Waals surface area contributed by atoms with Crippen LogP contribution in [0.2, 0.25) is 0 Å². The zero-order valence-corrected chi connectivity index (χ0v) is 55.0. The molecule has 0 aliphatic heterocycles.